The highest BCUT2D eigenvalue weighted by atomic mass is 16.4. The van der Waals surface area contributed by atoms with Gasteiger partial charge in [-0.15, -0.1) is 0 Å². The van der Waals surface area contributed by atoms with Crippen molar-refractivity contribution < 1.29 is 14.7 Å². The van der Waals surface area contributed by atoms with Gasteiger partial charge in [0, 0.05) is 5.41 Å². The second-order valence-corrected chi connectivity index (χ2v) is 7.18. The molecule has 2 aliphatic rings. The first kappa shape index (κ1) is 15.3. The maximum absolute atomic E-state index is 12.7. The van der Waals surface area contributed by atoms with E-state index in [1.165, 1.54) is 0 Å². The zero-order valence-electron chi connectivity index (χ0n) is 13.0. The molecule has 20 heavy (non-hydrogen) atoms. The van der Waals surface area contributed by atoms with Crippen LogP contribution in [-0.2, 0) is 9.59 Å². The Hall–Kier alpha value is -1.12. The van der Waals surface area contributed by atoms with E-state index in [0.717, 1.165) is 31.3 Å². The summed E-state index contributed by atoms with van der Waals surface area (Å²) in [6.07, 6.45) is 6.23. The SMILES string of the molecule is CCCC[C@H](/C=C1/C(=O)[C@@]2(C)CC[C@H]1C2(C)C)C(=O)O. The summed E-state index contributed by atoms with van der Waals surface area (Å²) in [6.45, 7) is 8.42. The van der Waals surface area contributed by atoms with Crippen LogP contribution in [0.15, 0.2) is 11.6 Å². The van der Waals surface area contributed by atoms with Crippen molar-refractivity contribution in [3.05, 3.63) is 11.6 Å². The number of allylic oxidation sites excluding steroid dienone is 1. The molecule has 2 fully saturated rings. The molecule has 0 saturated heterocycles. The summed E-state index contributed by atoms with van der Waals surface area (Å²) in [7, 11) is 0. The maximum Gasteiger partial charge on any atom is 0.310 e. The van der Waals surface area contributed by atoms with Crippen LogP contribution in [0.3, 0.4) is 0 Å². The number of aliphatic carboxylic acids is 1. The topological polar surface area (TPSA) is 54.4 Å². The van der Waals surface area contributed by atoms with Crippen molar-refractivity contribution in [2.75, 3.05) is 0 Å². The first-order valence-electron chi connectivity index (χ1n) is 7.75. The molecule has 0 amide bonds. The maximum atomic E-state index is 12.7. The summed E-state index contributed by atoms with van der Waals surface area (Å²) in [5.41, 5.74) is 0.466. The van der Waals surface area contributed by atoms with Crippen LogP contribution >= 0.6 is 0 Å². The number of hydrogen-bond acceptors (Lipinski definition) is 2. The number of carboxylic acid groups (broad SMARTS) is 1. The minimum absolute atomic E-state index is 0.0380. The Balaban J connectivity index is 2.31. The van der Waals surface area contributed by atoms with Crippen LogP contribution in [0.25, 0.3) is 0 Å². The van der Waals surface area contributed by atoms with E-state index in [0.29, 0.717) is 6.42 Å². The van der Waals surface area contributed by atoms with Gasteiger partial charge in [-0.05, 0) is 36.2 Å². The molecule has 1 N–H and O–H groups in total. The summed E-state index contributed by atoms with van der Waals surface area (Å²) in [5.74, 6) is -0.873. The van der Waals surface area contributed by atoms with Crippen molar-refractivity contribution in [2.24, 2.45) is 22.7 Å². The van der Waals surface area contributed by atoms with Crippen LogP contribution in [0.4, 0.5) is 0 Å². The highest BCUT2D eigenvalue weighted by Gasteiger charge is 2.63. The summed E-state index contributed by atoms with van der Waals surface area (Å²) >= 11 is 0. The monoisotopic (exact) mass is 278 g/mol. The number of ketones is 1. The average Bonchev–Trinajstić information content (AvgIpc) is 2.67. The number of rotatable bonds is 5. The van der Waals surface area contributed by atoms with E-state index < -0.39 is 11.9 Å². The van der Waals surface area contributed by atoms with E-state index in [2.05, 4.69) is 27.7 Å². The Morgan fingerprint density at radius 2 is 2.10 bits per heavy atom. The number of hydrogen-bond donors (Lipinski definition) is 1. The van der Waals surface area contributed by atoms with Crippen molar-refractivity contribution in [1.82, 2.24) is 0 Å². The molecular formula is C17H26O3. The van der Waals surface area contributed by atoms with E-state index in [1.807, 2.05) is 0 Å². The Kier molecular flexibility index (Phi) is 3.83. The van der Waals surface area contributed by atoms with Crippen LogP contribution in [0, 0.1) is 22.7 Å². The molecule has 0 radical (unpaired) electrons. The van der Waals surface area contributed by atoms with Gasteiger partial charge in [0.05, 0.1) is 5.92 Å². The van der Waals surface area contributed by atoms with Gasteiger partial charge in [0.2, 0.25) is 0 Å². The van der Waals surface area contributed by atoms with Gasteiger partial charge in [-0.3, -0.25) is 9.59 Å². The molecule has 2 bridgehead atoms. The zero-order valence-corrected chi connectivity index (χ0v) is 13.0. The first-order valence-corrected chi connectivity index (χ1v) is 7.75. The third-order valence-corrected chi connectivity index (χ3v) is 5.93. The lowest BCUT2D eigenvalue weighted by Gasteiger charge is -2.31. The molecule has 2 aliphatic carbocycles. The Labute approximate surface area is 121 Å². The third-order valence-electron chi connectivity index (χ3n) is 5.93. The molecular weight excluding hydrogens is 252 g/mol. The van der Waals surface area contributed by atoms with Gasteiger partial charge in [-0.25, -0.2) is 0 Å². The van der Waals surface area contributed by atoms with Crippen molar-refractivity contribution in [2.45, 2.75) is 59.8 Å². The lowest BCUT2D eigenvalue weighted by atomic mass is 9.70. The first-order chi connectivity index (χ1) is 9.25. The molecule has 0 aromatic carbocycles. The van der Waals surface area contributed by atoms with Crippen molar-refractivity contribution in [3.63, 3.8) is 0 Å². The molecule has 2 saturated carbocycles. The number of fused-ring (bicyclic) bond motifs is 2. The van der Waals surface area contributed by atoms with Gasteiger partial charge in [0.15, 0.2) is 5.78 Å². The molecule has 2 rings (SSSR count). The van der Waals surface area contributed by atoms with E-state index in [9.17, 15) is 14.7 Å². The lowest BCUT2D eigenvalue weighted by molar-refractivity contribution is -0.140. The Bertz CT molecular complexity index is 461. The Morgan fingerprint density at radius 1 is 1.45 bits per heavy atom. The molecule has 112 valence electrons. The predicted octanol–water partition coefficient (Wildman–Crippen LogP) is 3.83. The molecule has 0 aromatic heterocycles. The van der Waals surface area contributed by atoms with Gasteiger partial charge in [0.25, 0.3) is 0 Å². The Morgan fingerprint density at radius 3 is 2.55 bits per heavy atom. The van der Waals surface area contributed by atoms with Crippen molar-refractivity contribution in [3.8, 4) is 0 Å². The second-order valence-electron chi connectivity index (χ2n) is 7.18. The standard InChI is InChI=1S/C17H26O3/c1-5-6-7-11(15(19)20)10-12-13-8-9-17(4,14(12)18)16(13,2)3/h10-11,13H,5-9H2,1-4H3,(H,19,20)/b12-10+/t11-,13-,17-/m1/s1. The molecule has 3 nitrogen and oxygen atoms in total. The van der Waals surface area contributed by atoms with Crippen molar-refractivity contribution >= 4 is 11.8 Å². The lowest BCUT2D eigenvalue weighted by Crippen LogP contribution is -2.32. The molecule has 0 aromatic rings. The summed E-state index contributed by atoms with van der Waals surface area (Å²) in [5, 5.41) is 9.36. The third kappa shape index (κ3) is 2.02. The molecule has 0 aliphatic heterocycles. The molecule has 0 heterocycles. The average molecular weight is 278 g/mol. The fourth-order valence-electron chi connectivity index (χ4n) is 4.04. The molecule has 0 spiro atoms. The quantitative estimate of drug-likeness (QED) is 0.778. The summed E-state index contributed by atoms with van der Waals surface area (Å²) < 4.78 is 0. The van der Waals surface area contributed by atoms with Gasteiger partial charge >= 0.3 is 5.97 Å². The summed E-state index contributed by atoms with van der Waals surface area (Å²) in [4.78, 5) is 24.1. The van der Waals surface area contributed by atoms with Crippen LogP contribution in [0.2, 0.25) is 0 Å². The minimum Gasteiger partial charge on any atom is -0.481 e. The number of carbonyl (C=O) groups is 2. The smallest absolute Gasteiger partial charge is 0.310 e. The molecule has 3 atom stereocenters. The van der Waals surface area contributed by atoms with E-state index in [-0.39, 0.29) is 22.5 Å². The normalized spacial score (nSPS) is 34.7. The highest BCUT2D eigenvalue weighted by Crippen LogP contribution is 2.65. The predicted molar refractivity (Wildman–Crippen MR) is 78.4 cm³/mol. The van der Waals surface area contributed by atoms with Crippen LogP contribution in [0.5, 0.6) is 0 Å². The molecule has 3 heteroatoms. The number of Topliss-reactive ketones (excluding diaryl/α,β-unsaturated/α-hetero) is 1. The van der Waals surface area contributed by atoms with Gasteiger partial charge < -0.3 is 5.11 Å². The number of carboxylic acids is 1. The second kappa shape index (κ2) is 5.01. The van der Waals surface area contributed by atoms with E-state index >= 15 is 0 Å². The van der Waals surface area contributed by atoms with Gasteiger partial charge in [0.1, 0.15) is 0 Å². The van der Waals surface area contributed by atoms with Crippen molar-refractivity contribution in [1.29, 1.82) is 0 Å². The minimum atomic E-state index is -0.801. The van der Waals surface area contributed by atoms with Gasteiger partial charge in [-0.1, -0.05) is 46.6 Å². The summed E-state index contributed by atoms with van der Waals surface area (Å²) in [6, 6.07) is 0. The van der Waals surface area contributed by atoms with Crippen LogP contribution < -0.4 is 0 Å². The molecule has 0 unspecified atom stereocenters. The number of carbonyl (C=O) groups excluding carboxylic acids is 1. The van der Waals surface area contributed by atoms with Crippen LogP contribution in [-0.4, -0.2) is 16.9 Å². The van der Waals surface area contributed by atoms with Crippen LogP contribution in [0.1, 0.15) is 59.8 Å². The highest BCUT2D eigenvalue weighted by molar-refractivity contribution is 6.05. The van der Waals surface area contributed by atoms with E-state index in [4.69, 9.17) is 0 Å². The van der Waals surface area contributed by atoms with Gasteiger partial charge in [-0.2, -0.15) is 0 Å². The fourth-order valence-corrected chi connectivity index (χ4v) is 4.04. The zero-order chi connectivity index (χ0) is 15.1. The van der Waals surface area contributed by atoms with E-state index in [1.54, 1.807) is 6.08 Å². The fraction of sp³-hybridized carbons (Fsp3) is 0.765. The largest absolute Gasteiger partial charge is 0.481 e. The number of unbranched alkanes of at least 4 members (excludes halogenated alkanes) is 1.